The minimum absolute atomic E-state index is 0.268. The van der Waals surface area contributed by atoms with E-state index in [9.17, 15) is 4.79 Å². The molecule has 146 valence electrons. The molecule has 1 N–H and O–H groups in total. The van der Waals surface area contributed by atoms with E-state index in [2.05, 4.69) is 32.9 Å². The van der Waals surface area contributed by atoms with E-state index < -0.39 is 0 Å². The maximum absolute atomic E-state index is 12.6. The number of oxazole rings is 1. The number of hydrogen-bond donors (Lipinski definition) is 1. The Bertz CT molecular complexity index is 1200. The van der Waals surface area contributed by atoms with E-state index in [1.807, 2.05) is 49.3 Å². The van der Waals surface area contributed by atoms with Gasteiger partial charge in [0.05, 0.1) is 10.6 Å². The Kier molecular flexibility index (Phi) is 5.47. The van der Waals surface area contributed by atoms with Gasteiger partial charge in [-0.05, 0) is 83.3 Å². The van der Waals surface area contributed by atoms with Crippen LogP contribution >= 0.6 is 34.2 Å². The van der Waals surface area contributed by atoms with E-state index in [0.29, 0.717) is 33.3 Å². The number of hydrogen-bond acceptors (Lipinski definition) is 4. The summed E-state index contributed by atoms with van der Waals surface area (Å²) in [7, 11) is 3.99. The Hall–Kier alpha value is -2.58. The first-order valence-corrected chi connectivity index (χ1v) is 10.3. The van der Waals surface area contributed by atoms with Crippen molar-refractivity contribution in [2.75, 3.05) is 24.3 Å². The maximum atomic E-state index is 12.6. The van der Waals surface area contributed by atoms with Crippen LogP contribution in [0.3, 0.4) is 0 Å². The molecule has 29 heavy (non-hydrogen) atoms. The Morgan fingerprint density at radius 2 is 1.83 bits per heavy atom. The third-order valence-electron chi connectivity index (χ3n) is 4.45. The van der Waals surface area contributed by atoms with Gasteiger partial charge in [0.2, 0.25) is 5.89 Å². The van der Waals surface area contributed by atoms with Crippen LogP contribution in [0.1, 0.15) is 10.4 Å². The van der Waals surface area contributed by atoms with Crippen molar-refractivity contribution in [1.29, 1.82) is 0 Å². The monoisotopic (exact) mass is 517 g/mol. The normalized spacial score (nSPS) is 10.9. The fourth-order valence-corrected chi connectivity index (χ4v) is 3.60. The molecule has 0 aliphatic carbocycles. The van der Waals surface area contributed by atoms with E-state index in [4.69, 9.17) is 16.0 Å². The summed E-state index contributed by atoms with van der Waals surface area (Å²) in [5, 5.41) is 3.28. The molecule has 7 heteroatoms. The number of aromatic nitrogens is 1. The number of rotatable bonds is 4. The lowest BCUT2D eigenvalue weighted by Crippen LogP contribution is -2.12. The Morgan fingerprint density at radius 1 is 1.07 bits per heavy atom. The fourth-order valence-electron chi connectivity index (χ4n) is 2.90. The van der Waals surface area contributed by atoms with Crippen LogP contribution < -0.4 is 10.2 Å². The zero-order chi connectivity index (χ0) is 20.5. The average molecular weight is 518 g/mol. The van der Waals surface area contributed by atoms with Crippen LogP contribution in [0.4, 0.5) is 11.4 Å². The van der Waals surface area contributed by atoms with Crippen molar-refractivity contribution >= 4 is 62.6 Å². The number of carbonyl (C=O) groups is 1. The van der Waals surface area contributed by atoms with Gasteiger partial charge in [-0.25, -0.2) is 4.98 Å². The number of benzene rings is 3. The molecule has 0 atom stereocenters. The maximum Gasteiger partial charge on any atom is 0.257 e. The van der Waals surface area contributed by atoms with Gasteiger partial charge in [0.25, 0.3) is 5.91 Å². The number of carbonyl (C=O) groups excluding carboxylic acids is 1. The smallest absolute Gasteiger partial charge is 0.257 e. The predicted octanol–water partition coefficient (Wildman–Crippen LogP) is 6.07. The number of halogens is 2. The van der Waals surface area contributed by atoms with Gasteiger partial charge in [-0.3, -0.25) is 4.79 Å². The molecule has 3 aromatic carbocycles. The second-order valence-corrected chi connectivity index (χ2v) is 8.37. The van der Waals surface area contributed by atoms with E-state index in [1.54, 1.807) is 30.3 Å². The second kappa shape index (κ2) is 8.04. The van der Waals surface area contributed by atoms with Gasteiger partial charge in [0.1, 0.15) is 5.52 Å². The highest BCUT2D eigenvalue weighted by Gasteiger charge is 2.13. The van der Waals surface area contributed by atoms with Crippen molar-refractivity contribution in [2.45, 2.75) is 0 Å². The zero-order valence-electron chi connectivity index (χ0n) is 15.7. The molecule has 1 heterocycles. The summed E-state index contributed by atoms with van der Waals surface area (Å²) in [6, 6.07) is 18.7. The minimum atomic E-state index is -0.268. The summed E-state index contributed by atoms with van der Waals surface area (Å²) in [5.74, 6) is 0.269. The molecule has 0 radical (unpaired) electrons. The molecule has 0 saturated carbocycles. The molecule has 0 spiro atoms. The molecular weight excluding hydrogens is 501 g/mol. The fraction of sp³-hybridized carbons (Fsp3) is 0.0909. The average Bonchev–Trinajstić information content (AvgIpc) is 3.13. The van der Waals surface area contributed by atoms with Gasteiger partial charge in [-0.1, -0.05) is 11.6 Å². The lowest BCUT2D eigenvalue weighted by molar-refractivity contribution is 0.102. The molecule has 0 aliphatic rings. The first-order valence-electron chi connectivity index (χ1n) is 8.85. The van der Waals surface area contributed by atoms with Gasteiger partial charge in [0, 0.05) is 34.6 Å². The Balaban J connectivity index is 1.60. The van der Waals surface area contributed by atoms with E-state index in [1.165, 1.54) is 0 Å². The molecule has 0 saturated heterocycles. The van der Waals surface area contributed by atoms with E-state index in [-0.39, 0.29) is 5.91 Å². The van der Waals surface area contributed by atoms with Gasteiger partial charge >= 0.3 is 0 Å². The molecule has 0 bridgehead atoms. The van der Waals surface area contributed by atoms with Crippen LogP contribution in [0.5, 0.6) is 0 Å². The third kappa shape index (κ3) is 4.23. The summed E-state index contributed by atoms with van der Waals surface area (Å²) in [6.07, 6.45) is 0. The summed E-state index contributed by atoms with van der Waals surface area (Å²) < 4.78 is 6.81. The van der Waals surface area contributed by atoms with Gasteiger partial charge < -0.3 is 14.6 Å². The Morgan fingerprint density at radius 3 is 2.55 bits per heavy atom. The molecule has 0 fully saturated rings. The number of anilines is 2. The molecular formula is C22H17ClIN3O2. The summed E-state index contributed by atoms with van der Waals surface area (Å²) in [5.41, 5.74) is 4.37. The standard InChI is InChI=1S/C22H17ClIN3O2/c1-27(2)16-7-3-13(4-8-16)22-26-19-12-15(6-10-20(19)29-22)25-21(28)17-11-14(24)5-9-18(17)23/h3-12H,1-2H3,(H,25,28). The van der Waals surface area contributed by atoms with Crippen molar-refractivity contribution in [2.24, 2.45) is 0 Å². The highest BCUT2D eigenvalue weighted by atomic mass is 127. The van der Waals surface area contributed by atoms with Crippen LogP contribution in [-0.4, -0.2) is 25.0 Å². The van der Waals surface area contributed by atoms with Crippen molar-refractivity contribution in [3.8, 4) is 11.5 Å². The highest BCUT2D eigenvalue weighted by molar-refractivity contribution is 14.1. The summed E-state index contributed by atoms with van der Waals surface area (Å²) >= 11 is 8.31. The predicted molar refractivity (Wildman–Crippen MR) is 126 cm³/mol. The third-order valence-corrected chi connectivity index (χ3v) is 5.45. The molecule has 0 aliphatic heterocycles. The van der Waals surface area contributed by atoms with Crippen molar-refractivity contribution in [1.82, 2.24) is 4.98 Å². The largest absolute Gasteiger partial charge is 0.436 e. The number of nitrogens with one attached hydrogen (secondary N) is 1. The van der Waals surface area contributed by atoms with E-state index >= 15 is 0 Å². The lowest BCUT2D eigenvalue weighted by Gasteiger charge is -2.11. The topological polar surface area (TPSA) is 58.4 Å². The quantitative estimate of drug-likeness (QED) is 0.334. The van der Waals surface area contributed by atoms with Crippen LogP contribution in [0.25, 0.3) is 22.6 Å². The molecule has 5 nitrogen and oxygen atoms in total. The molecule has 0 unspecified atom stereocenters. The van der Waals surface area contributed by atoms with E-state index in [0.717, 1.165) is 14.8 Å². The first-order chi connectivity index (χ1) is 13.9. The number of amides is 1. The number of fused-ring (bicyclic) bond motifs is 1. The molecule has 1 aromatic heterocycles. The minimum Gasteiger partial charge on any atom is -0.436 e. The first kappa shape index (κ1) is 19.7. The van der Waals surface area contributed by atoms with Gasteiger partial charge in [-0.15, -0.1) is 0 Å². The van der Waals surface area contributed by atoms with Crippen LogP contribution in [-0.2, 0) is 0 Å². The highest BCUT2D eigenvalue weighted by Crippen LogP contribution is 2.28. The molecule has 4 rings (SSSR count). The molecule has 1 amide bonds. The number of nitrogens with zero attached hydrogens (tertiary/aromatic N) is 2. The summed E-state index contributed by atoms with van der Waals surface area (Å²) in [6.45, 7) is 0. The van der Waals surface area contributed by atoms with Crippen molar-refractivity contribution in [3.63, 3.8) is 0 Å². The van der Waals surface area contributed by atoms with Crippen molar-refractivity contribution in [3.05, 3.63) is 74.8 Å². The lowest BCUT2D eigenvalue weighted by atomic mass is 10.2. The molecule has 4 aromatic rings. The zero-order valence-corrected chi connectivity index (χ0v) is 18.7. The van der Waals surface area contributed by atoms with Crippen LogP contribution in [0.15, 0.2) is 65.1 Å². The Labute approximate surface area is 186 Å². The van der Waals surface area contributed by atoms with Crippen LogP contribution in [0.2, 0.25) is 5.02 Å². The summed E-state index contributed by atoms with van der Waals surface area (Å²) in [4.78, 5) is 19.2. The van der Waals surface area contributed by atoms with Gasteiger partial charge in [-0.2, -0.15) is 0 Å². The second-order valence-electron chi connectivity index (χ2n) is 6.72. The van der Waals surface area contributed by atoms with Crippen LogP contribution in [0, 0.1) is 3.57 Å². The SMILES string of the molecule is CN(C)c1ccc(-c2nc3cc(NC(=O)c4cc(I)ccc4Cl)ccc3o2)cc1. The van der Waals surface area contributed by atoms with Crippen molar-refractivity contribution < 1.29 is 9.21 Å². The van der Waals surface area contributed by atoms with Gasteiger partial charge in [0.15, 0.2) is 5.58 Å².